The largest absolute Gasteiger partial charge is 0.361 e. The molecule has 1 aromatic rings. The normalized spacial score (nSPS) is 19.6. The Morgan fingerprint density at radius 2 is 2.41 bits per heavy atom. The lowest BCUT2D eigenvalue weighted by molar-refractivity contribution is -0.131. The van der Waals surface area contributed by atoms with Gasteiger partial charge in [0, 0.05) is 24.2 Å². The molecule has 0 radical (unpaired) electrons. The van der Waals surface area contributed by atoms with Crippen molar-refractivity contribution in [1.29, 1.82) is 0 Å². The number of hydrogen-bond acceptors (Lipinski definition) is 5. The molecule has 0 bridgehead atoms. The van der Waals surface area contributed by atoms with Gasteiger partial charge in [0.25, 0.3) is 0 Å². The van der Waals surface area contributed by atoms with E-state index in [0.29, 0.717) is 6.54 Å². The average molecular weight is 255 g/mol. The maximum Gasteiger partial charge on any atom is 0.240 e. The van der Waals surface area contributed by atoms with Gasteiger partial charge in [-0.05, 0) is 13.8 Å². The second-order valence-corrected chi connectivity index (χ2v) is 5.30. The molecular weight excluding hydrogens is 238 g/mol. The summed E-state index contributed by atoms with van der Waals surface area (Å²) in [6, 6.07) is -0.0505. The van der Waals surface area contributed by atoms with Gasteiger partial charge in [-0.1, -0.05) is 5.16 Å². The Kier molecular flexibility index (Phi) is 3.73. The Hall–Kier alpha value is -1.01. The third-order valence-corrected chi connectivity index (χ3v) is 3.91. The fourth-order valence-electron chi connectivity index (χ4n) is 1.86. The van der Waals surface area contributed by atoms with Crippen LogP contribution in [0.15, 0.2) is 4.52 Å². The topological polar surface area (TPSA) is 58.4 Å². The van der Waals surface area contributed by atoms with Crippen LogP contribution in [0.1, 0.15) is 17.0 Å². The maximum absolute atomic E-state index is 12.1. The molecule has 0 aromatic carbocycles. The molecular formula is C11H17N3O2S. The molecule has 1 unspecified atom stereocenters. The van der Waals surface area contributed by atoms with E-state index in [1.807, 2.05) is 20.9 Å². The summed E-state index contributed by atoms with van der Waals surface area (Å²) >= 11 is 1.75. The van der Waals surface area contributed by atoms with Crippen LogP contribution in [0.4, 0.5) is 0 Å². The summed E-state index contributed by atoms with van der Waals surface area (Å²) in [5.41, 5.74) is 1.86. The molecule has 2 rings (SSSR count). The summed E-state index contributed by atoms with van der Waals surface area (Å²) in [6.07, 6.45) is 0. The molecule has 1 saturated heterocycles. The second-order valence-electron chi connectivity index (χ2n) is 4.27. The Balaban J connectivity index is 2.01. The zero-order chi connectivity index (χ0) is 12.4. The van der Waals surface area contributed by atoms with E-state index in [-0.39, 0.29) is 11.9 Å². The van der Waals surface area contributed by atoms with Gasteiger partial charge in [-0.2, -0.15) is 0 Å². The van der Waals surface area contributed by atoms with Crippen LogP contribution in [0.5, 0.6) is 0 Å². The molecule has 1 aliphatic heterocycles. The molecule has 1 N–H and O–H groups in total. The van der Waals surface area contributed by atoms with Gasteiger partial charge in [0.05, 0.1) is 18.3 Å². The molecule has 0 spiro atoms. The number of nitrogens with one attached hydrogen (secondary N) is 1. The molecule has 1 amide bonds. The molecule has 6 heteroatoms. The van der Waals surface area contributed by atoms with Gasteiger partial charge >= 0.3 is 0 Å². The molecule has 1 fully saturated rings. The highest BCUT2D eigenvalue weighted by molar-refractivity contribution is 7.99. The Morgan fingerprint density at radius 3 is 2.94 bits per heavy atom. The van der Waals surface area contributed by atoms with E-state index >= 15 is 0 Å². The van der Waals surface area contributed by atoms with Crippen LogP contribution < -0.4 is 5.32 Å². The molecule has 5 nitrogen and oxygen atoms in total. The third kappa shape index (κ3) is 2.63. The predicted octanol–water partition coefficient (Wildman–Crippen LogP) is 0.912. The van der Waals surface area contributed by atoms with Crippen LogP contribution in [0, 0.1) is 13.8 Å². The van der Waals surface area contributed by atoms with Crippen molar-refractivity contribution in [3.8, 4) is 0 Å². The number of thioether (sulfide) groups is 1. The predicted molar refractivity (Wildman–Crippen MR) is 66.7 cm³/mol. The minimum Gasteiger partial charge on any atom is -0.361 e. The first kappa shape index (κ1) is 12.4. The van der Waals surface area contributed by atoms with Gasteiger partial charge < -0.3 is 9.42 Å². The minimum absolute atomic E-state index is 0.0505. The Labute approximate surface area is 105 Å². The lowest BCUT2D eigenvalue weighted by Gasteiger charge is -2.20. The fourth-order valence-corrected chi connectivity index (χ4v) is 2.80. The number of carbonyl (C=O) groups is 1. The first-order chi connectivity index (χ1) is 8.09. The van der Waals surface area contributed by atoms with Crippen LogP contribution in [-0.4, -0.2) is 40.7 Å². The zero-order valence-corrected chi connectivity index (χ0v) is 11.1. The summed E-state index contributed by atoms with van der Waals surface area (Å²) < 4.78 is 5.09. The van der Waals surface area contributed by atoms with E-state index in [1.54, 1.807) is 16.7 Å². The van der Waals surface area contributed by atoms with Crippen molar-refractivity contribution in [3.05, 3.63) is 17.0 Å². The lowest BCUT2D eigenvalue weighted by atomic mass is 10.2. The highest BCUT2D eigenvalue weighted by Gasteiger charge is 2.26. The number of aromatic nitrogens is 1. The first-order valence-electron chi connectivity index (χ1n) is 5.57. The van der Waals surface area contributed by atoms with Crippen LogP contribution >= 0.6 is 11.8 Å². The molecule has 0 aliphatic carbocycles. The zero-order valence-electron chi connectivity index (χ0n) is 10.3. The number of likely N-dealkylation sites (N-methyl/N-ethyl adjacent to an activating group) is 1. The van der Waals surface area contributed by atoms with E-state index < -0.39 is 0 Å². The van der Waals surface area contributed by atoms with Crippen molar-refractivity contribution in [3.63, 3.8) is 0 Å². The Morgan fingerprint density at radius 1 is 1.65 bits per heavy atom. The van der Waals surface area contributed by atoms with E-state index in [2.05, 4.69) is 10.5 Å². The van der Waals surface area contributed by atoms with E-state index in [9.17, 15) is 4.79 Å². The summed E-state index contributed by atoms with van der Waals surface area (Å²) in [7, 11) is 1.82. The van der Waals surface area contributed by atoms with Crippen LogP contribution in [0.25, 0.3) is 0 Å². The summed E-state index contributed by atoms with van der Waals surface area (Å²) in [5.74, 6) is 2.63. The summed E-state index contributed by atoms with van der Waals surface area (Å²) in [6.45, 7) is 4.33. The number of nitrogens with zero attached hydrogens (tertiary/aromatic N) is 2. The number of carbonyl (C=O) groups excluding carboxylic acids is 1. The molecule has 1 aromatic heterocycles. The number of amides is 1. The molecule has 0 saturated carbocycles. The van der Waals surface area contributed by atoms with Gasteiger partial charge in [-0.25, -0.2) is 0 Å². The second kappa shape index (κ2) is 5.10. The van der Waals surface area contributed by atoms with E-state index in [0.717, 1.165) is 28.6 Å². The maximum atomic E-state index is 12.1. The first-order valence-corrected chi connectivity index (χ1v) is 6.73. The molecule has 1 atom stereocenters. The third-order valence-electron chi connectivity index (χ3n) is 2.97. The van der Waals surface area contributed by atoms with Gasteiger partial charge in [0.1, 0.15) is 5.76 Å². The standard InChI is InChI=1S/C11H17N3O2S/c1-7-9(8(2)16-13-7)4-14(3)11(15)10-5-17-6-12-10/h10,12H,4-6H2,1-3H3. The van der Waals surface area contributed by atoms with E-state index in [4.69, 9.17) is 4.52 Å². The minimum atomic E-state index is -0.0505. The molecule has 17 heavy (non-hydrogen) atoms. The smallest absolute Gasteiger partial charge is 0.240 e. The number of rotatable bonds is 3. The SMILES string of the molecule is Cc1noc(C)c1CN(C)C(=O)C1CSCN1. The quantitative estimate of drug-likeness (QED) is 0.870. The molecule has 2 heterocycles. The van der Waals surface area contributed by atoms with Crippen molar-refractivity contribution >= 4 is 17.7 Å². The number of hydrogen-bond donors (Lipinski definition) is 1. The van der Waals surface area contributed by atoms with Crippen molar-refractivity contribution in [2.45, 2.75) is 26.4 Å². The van der Waals surface area contributed by atoms with Crippen LogP contribution in [0.2, 0.25) is 0 Å². The van der Waals surface area contributed by atoms with Gasteiger partial charge in [0.15, 0.2) is 0 Å². The van der Waals surface area contributed by atoms with Crippen molar-refractivity contribution < 1.29 is 9.32 Å². The van der Waals surface area contributed by atoms with Crippen LogP contribution in [0.3, 0.4) is 0 Å². The van der Waals surface area contributed by atoms with Gasteiger partial charge in [-0.3, -0.25) is 10.1 Å². The monoisotopic (exact) mass is 255 g/mol. The lowest BCUT2D eigenvalue weighted by Crippen LogP contribution is -2.42. The summed E-state index contributed by atoms with van der Waals surface area (Å²) in [4.78, 5) is 13.8. The Bertz CT molecular complexity index is 393. The van der Waals surface area contributed by atoms with Gasteiger partial charge in [-0.15, -0.1) is 11.8 Å². The van der Waals surface area contributed by atoms with Crippen molar-refractivity contribution in [2.75, 3.05) is 18.7 Å². The molecule has 1 aliphatic rings. The van der Waals surface area contributed by atoms with E-state index in [1.165, 1.54) is 0 Å². The van der Waals surface area contributed by atoms with Gasteiger partial charge in [0.2, 0.25) is 5.91 Å². The number of aryl methyl sites for hydroxylation is 2. The fraction of sp³-hybridized carbons (Fsp3) is 0.636. The van der Waals surface area contributed by atoms with Crippen molar-refractivity contribution in [2.24, 2.45) is 0 Å². The highest BCUT2D eigenvalue weighted by atomic mass is 32.2. The van der Waals surface area contributed by atoms with Crippen molar-refractivity contribution in [1.82, 2.24) is 15.4 Å². The van der Waals surface area contributed by atoms with Crippen LogP contribution in [-0.2, 0) is 11.3 Å². The molecule has 94 valence electrons. The highest BCUT2D eigenvalue weighted by Crippen LogP contribution is 2.16. The summed E-state index contributed by atoms with van der Waals surface area (Å²) in [5, 5.41) is 7.07. The average Bonchev–Trinajstić information content (AvgIpc) is 2.93.